The molecule has 0 fully saturated rings. The van der Waals surface area contributed by atoms with E-state index < -0.39 is 0 Å². The fourth-order valence-corrected chi connectivity index (χ4v) is 2.13. The molecule has 20 heavy (non-hydrogen) atoms. The SMILES string of the molecule is Cc1ncc(CO)c(Cc2ccc(N(C)C)cc2)c1O. The summed E-state index contributed by atoms with van der Waals surface area (Å²) in [5, 5.41) is 19.5. The van der Waals surface area contributed by atoms with E-state index in [2.05, 4.69) is 4.98 Å². The lowest BCUT2D eigenvalue weighted by atomic mass is 9.99. The predicted octanol–water partition coefficient (Wildman–Crippen LogP) is 2.24. The van der Waals surface area contributed by atoms with Crippen LogP contribution in [0.1, 0.15) is 22.4 Å². The van der Waals surface area contributed by atoms with Crippen LogP contribution in [0, 0.1) is 6.92 Å². The second-order valence-corrected chi connectivity index (χ2v) is 5.09. The number of hydrogen-bond donors (Lipinski definition) is 2. The Labute approximate surface area is 119 Å². The van der Waals surface area contributed by atoms with Crippen molar-refractivity contribution >= 4 is 5.69 Å². The second kappa shape index (κ2) is 5.92. The molecule has 0 atom stereocenters. The van der Waals surface area contributed by atoms with Crippen molar-refractivity contribution in [2.24, 2.45) is 0 Å². The van der Waals surface area contributed by atoms with Crippen LogP contribution in [-0.2, 0) is 13.0 Å². The number of hydrogen-bond acceptors (Lipinski definition) is 4. The maximum Gasteiger partial charge on any atom is 0.140 e. The Balaban J connectivity index is 2.32. The van der Waals surface area contributed by atoms with Gasteiger partial charge in [0, 0.05) is 43.5 Å². The lowest BCUT2D eigenvalue weighted by molar-refractivity contribution is 0.279. The van der Waals surface area contributed by atoms with Gasteiger partial charge >= 0.3 is 0 Å². The monoisotopic (exact) mass is 272 g/mol. The van der Waals surface area contributed by atoms with E-state index in [1.54, 1.807) is 13.1 Å². The third kappa shape index (κ3) is 2.91. The molecule has 2 rings (SSSR count). The molecule has 1 aromatic carbocycles. The summed E-state index contributed by atoms with van der Waals surface area (Å²) >= 11 is 0. The first-order valence-electron chi connectivity index (χ1n) is 6.56. The number of aliphatic hydroxyl groups is 1. The number of anilines is 1. The van der Waals surface area contributed by atoms with Gasteiger partial charge in [0.2, 0.25) is 0 Å². The minimum absolute atomic E-state index is 0.119. The Bertz CT molecular complexity index is 592. The molecule has 0 saturated carbocycles. The molecule has 0 aliphatic rings. The number of pyridine rings is 1. The van der Waals surface area contributed by atoms with Crippen molar-refractivity contribution in [2.75, 3.05) is 19.0 Å². The van der Waals surface area contributed by atoms with Crippen LogP contribution in [0.3, 0.4) is 0 Å². The first-order chi connectivity index (χ1) is 9.52. The summed E-state index contributed by atoms with van der Waals surface area (Å²) in [7, 11) is 3.99. The fourth-order valence-electron chi connectivity index (χ4n) is 2.13. The quantitative estimate of drug-likeness (QED) is 0.896. The third-order valence-corrected chi connectivity index (χ3v) is 3.43. The first kappa shape index (κ1) is 14.3. The van der Waals surface area contributed by atoms with Gasteiger partial charge in [0.1, 0.15) is 5.75 Å². The van der Waals surface area contributed by atoms with E-state index in [-0.39, 0.29) is 12.4 Å². The highest BCUT2D eigenvalue weighted by molar-refractivity contribution is 5.48. The zero-order valence-corrected chi connectivity index (χ0v) is 12.1. The van der Waals surface area contributed by atoms with Gasteiger partial charge in [-0.15, -0.1) is 0 Å². The van der Waals surface area contributed by atoms with Gasteiger partial charge in [-0.05, 0) is 24.6 Å². The summed E-state index contributed by atoms with van der Waals surface area (Å²) < 4.78 is 0. The number of aromatic hydroxyl groups is 1. The molecule has 0 saturated heterocycles. The molecular formula is C16H20N2O2. The van der Waals surface area contributed by atoms with Crippen LogP contribution in [-0.4, -0.2) is 29.3 Å². The number of aliphatic hydroxyl groups excluding tert-OH is 1. The maximum absolute atomic E-state index is 10.1. The van der Waals surface area contributed by atoms with Crippen LogP contribution in [0.5, 0.6) is 5.75 Å². The molecule has 0 bridgehead atoms. The number of aryl methyl sites for hydroxylation is 1. The van der Waals surface area contributed by atoms with Crippen molar-refractivity contribution in [3.63, 3.8) is 0 Å². The highest BCUT2D eigenvalue weighted by Gasteiger charge is 2.12. The summed E-state index contributed by atoms with van der Waals surface area (Å²) in [4.78, 5) is 6.11. The zero-order chi connectivity index (χ0) is 14.7. The van der Waals surface area contributed by atoms with Crippen molar-refractivity contribution in [1.82, 2.24) is 4.98 Å². The van der Waals surface area contributed by atoms with Crippen LogP contribution < -0.4 is 4.90 Å². The smallest absolute Gasteiger partial charge is 0.140 e. The summed E-state index contributed by atoms with van der Waals surface area (Å²) in [5.41, 5.74) is 4.22. The van der Waals surface area contributed by atoms with Gasteiger partial charge in [0.05, 0.1) is 12.3 Å². The van der Waals surface area contributed by atoms with Crippen LogP contribution in [0.15, 0.2) is 30.5 Å². The Morgan fingerprint density at radius 2 is 1.80 bits per heavy atom. The van der Waals surface area contributed by atoms with Crippen molar-refractivity contribution in [1.29, 1.82) is 0 Å². The molecule has 1 aromatic heterocycles. The van der Waals surface area contributed by atoms with E-state index in [9.17, 15) is 10.2 Å². The Hall–Kier alpha value is -2.07. The first-order valence-corrected chi connectivity index (χ1v) is 6.56. The van der Waals surface area contributed by atoms with Gasteiger partial charge < -0.3 is 15.1 Å². The Morgan fingerprint density at radius 1 is 1.15 bits per heavy atom. The lowest BCUT2D eigenvalue weighted by Gasteiger charge is -2.14. The predicted molar refractivity (Wildman–Crippen MR) is 80.1 cm³/mol. The average molecular weight is 272 g/mol. The van der Waals surface area contributed by atoms with Crippen LogP contribution in [0.4, 0.5) is 5.69 Å². The van der Waals surface area contributed by atoms with E-state index >= 15 is 0 Å². The van der Waals surface area contributed by atoms with E-state index in [0.717, 1.165) is 16.8 Å². The van der Waals surface area contributed by atoms with Gasteiger partial charge in [-0.2, -0.15) is 0 Å². The van der Waals surface area contributed by atoms with Gasteiger partial charge in [0.15, 0.2) is 0 Å². The number of aromatic nitrogens is 1. The number of nitrogens with zero attached hydrogens (tertiary/aromatic N) is 2. The highest BCUT2D eigenvalue weighted by Crippen LogP contribution is 2.27. The van der Waals surface area contributed by atoms with Crippen LogP contribution in [0.2, 0.25) is 0 Å². The van der Waals surface area contributed by atoms with E-state index in [4.69, 9.17) is 0 Å². The van der Waals surface area contributed by atoms with E-state index in [1.807, 2.05) is 43.3 Å². The average Bonchev–Trinajstić information content (AvgIpc) is 2.45. The number of benzene rings is 1. The van der Waals surface area contributed by atoms with Crippen molar-refractivity contribution in [3.05, 3.63) is 52.8 Å². The summed E-state index contributed by atoms with van der Waals surface area (Å²) in [6.07, 6.45) is 2.21. The highest BCUT2D eigenvalue weighted by atomic mass is 16.3. The molecule has 0 unspecified atom stereocenters. The number of rotatable bonds is 4. The van der Waals surface area contributed by atoms with E-state index in [0.29, 0.717) is 17.7 Å². The largest absolute Gasteiger partial charge is 0.506 e. The second-order valence-electron chi connectivity index (χ2n) is 5.09. The lowest BCUT2D eigenvalue weighted by Crippen LogP contribution is -2.08. The van der Waals surface area contributed by atoms with Crippen LogP contribution >= 0.6 is 0 Å². The molecule has 0 aliphatic heterocycles. The zero-order valence-electron chi connectivity index (χ0n) is 12.1. The standard InChI is InChI=1S/C16H20N2O2/c1-11-16(20)15(13(10-19)9-17-11)8-12-4-6-14(7-5-12)18(2)3/h4-7,9,19-20H,8,10H2,1-3H3. The normalized spacial score (nSPS) is 10.6. The molecule has 1 heterocycles. The minimum Gasteiger partial charge on any atom is -0.506 e. The van der Waals surface area contributed by atoms with Gasteiger partial charge in [-0.1, -0.05) is 12.1 Å². The molecule has 4 nitrogen and oxygen atoms in total. The molecule has 0 spiro atoms. The Morgan fingerprint density at radius 3 is 2.35 bits per heavy atom. The third-order valence-electron chi connectivity index (χ3n) is 3.43. The molecule has 0 amide bonds. The molecule has 0 radical (unpaired) electrons. The summed E-state index contributed by atoms with van der Waals surface area (Å²) in [6.45, 7) is 1.64. The molecule has 2 N–H and O–H groups in total. The van der Waals surface area contributed by atoms with Gasteiger partial charge in [-0.3, -0.25) is 4.98 Å². The fraction of sp³-hybridized carbons (Fsp3) is 0.312. The minimum atomic E-state index is -0.119. The molecule has 2 aromatic rings. The Kier molecular flexibility index (Phi) is 4.25. The van der Waals surface area contributed by atoms with Gasteiger partial charge in [-0.25, -0.2) is 0 Å². The molecular weight excluding hydrogens is 252 g/mol. The van der Waals surface area contributed by atoms with Crippen molar-refractivity contribution in [3.8, 4) is 5.75 Å². The molecule has 0 aliphatic carbocycles. The summed E-state index contributed by atoms with van der Waals surface area (Å²) in [5.74, 6) is 0.174. The van der Waals surface area contributed by atoms with Crippen LogP contribution in [0.25, 0.3) is 0 Å². The molecule has 106 valence electrons. The molecule has 4 heteroatoms. The van der Waals surface area contributed by atoms with Gasteiger partial charge in [0.25, 0.3) is 0 Å². The van der Waals surface area contributed by atoms with E-state index in [1.165, 1.54) is 0 Å². The summed E-state index contributed by atoms with van der Waals surface area (Å²) in [6, 6.07) is 8.15. The van der Waals surface area contributed by atoms with Crippen molar-refractivity contribution in [2.45, 2.75) is 20.0 Å². The van der Waals surface area contributed by atoms with Crippen molar-refractivity contribution < 1.29 is 10.2 Å². The maximum atomic E-state index is 10.1. The topological polar surface area (TPSA) is 56.6 Å².